The molecule has 2 aromatic rings. The molecule has 0 saturated heterocycles. The van der Waals surface area contributed by atoms with E-state index >= 15 is 0 Å². The predicted octanol–water partition coefficient (Wildman–Crippen LogP) is 4.58. The first kappa shape index (κ1) is 18.3. The zero-order valence-corrected chi connectivity index (χ0v) is 15.4. The lowest BCUT2D eigenvalue weighted by Crippen LogP contribution is -2.30. The summed E-state index contributed by atoms with van der Waals surface area (Å²) in [7, 11) is 1.58. The SMILES string of the molecule is COc1cccc(OCc2ccccc2)c1C(=O)NCC1CCCCC1. The Morgan fingerprint density at radius 1 is 1.00 bits per heavy atom. The van der Waals surface area contributed by atoms with Gasteiger partial charge >= 0.3 is 0 Å². The minimum Gasteiger partial charge on any atom is -0.496 e. The highest BCUT2D eigenvalue weighted by Gasteiger charge is 2.20. The van der Waals surface area contributed by atoms with Gasteiger partial charge in [0.2, 0.25) is 0 Å². The number of nitrogens with one attached hydrogen (secondary N) is 1. The fourth-order valence-corrected chi connectivity index (χ4v) is 3.48. The molecule has 1 fully saturated rings. The van der Waals surface area contributed by atoms with Crippen LogP contribution in [-0.2, 0) is 6.61 Å². The van der Waals surface area contributed by atoms with Crippen molar-refractivity contribution < 1.29 is 14.3 Å². The maximum Gasteiger partial charge on any atom is 0.258 e. The van der Waals surface area contributed by atoms with E-state index in [1.807, 2.05) is 42.5 Å². The van der Waals surface area contributed by atoms with Gasteiger partial charge < -0.3 is 14.8 Å². The van der Waals surface area contributed by atoms with E-state index < -0.39 is 0 Å². The van der Waals surface area contributed by atoms with Gasteiger partial charge in [-0.05, 0) is 36.5 Å². The summed E-state index contributed by atoms with van der Waals surface area (Å²) in [4.78, 5) is 12.8. The molecular weight excluding hydrogens is 326 g/mol. The van der Waals surface area contributed by atoms with Crippen molar-refractivity contribution in [3.63, 3.8) is 0 Å². The Morgan fingerprint density at radius 2 is 1.73 bits per heavy atom. The molecule has 0 aromatic heterocycles. The molecule has 1 aliphatic carbocycles. The highest BCUT2D eigenvalue weighted by Crippen LogP contribution is 2.29. The largest absolute Gasteiger partial charge is 0.496 e. The Hall–Kier alpha value is -2.49. The highest BCUT2D eigenvalue weighted by molar-refractivity contribution is 5.99. The second-order valence-electron chi connectivity index (χ2n) is 6.82. The summed E-state index contributed by atoms with van der Waals surface area (Å²) < 4.78 is 11.3. The van der Waals surface area contributed by atoms with Gasteiger partial charge in [-0.25, -0.2) is 0 Å². The lowest BCUT2D eigenvalue weighted by Gasteiger charge is -2.22. The number of methoxy groups -OCH3 is 1. The molecule has 0 unspecified atom stereocenters. The monoisotopic (exact) mass is 353 g/mol. The average molecular weight is 353 g/mol. The fraction of sp³-hybridized carbons (Fsp3) is 0.409. The van der Waals surface area contributed by atoms with Crippen LogP contribution in [0.5, 0.6) is 11.5 Å². The summed E-state index contributed by atoms with van der Waals surface area (Å²) in [6.45, 7) is 1.13. The minimum absolute atomic E-state index is 0.129. The topological polar surface area (TPSA) is 47.6 Å². The van der Waals surface area contributed by atoms with Crippen molar-refractivity contribution >= 4 is 5.91 Å². The lowest BCUT2D eigenvalue weighted by atomic mass is 9.89. The molecule has 1 N–H and O–H groups in total. The molecular formula is C22H27NO3. The Labute approximate surface area is 155 Å². The number of ether oxygens (including phenoxy) is 2. The van der Waals surface area contributed by atoms with Crippen LogP contribution in [0.1, 0.15) is 48.0 Å². The molecule has 0 radical (unpaired) electrons. The van der Waals surface area contributed by atoms with Gasteiger partial charge in [0, 0.05) is 6.54 Å². The number of benzene rings is 2. The molecule has 0 bridgehead atoms. The Morgan fingerprint density at radius 3 is 2.46 bits per heavy atom. The van der Waals surface area contributed by atoms with E-state index in [0.29, 0.717) is 29.6 Å². The van der Waals surface area contributed by atoms with Gasteiger partial charge in [-0.2, -0.15) is 0 Å². The van der Waals surface area contributed by atoms with Gasteiger partial charge in [0.25, 0.3) is 5.91 Å². The predicted molar refractivity (Wildman–Crippen MR) is 103 cm³/mol. The molecule has 138 valence electrons. The van der Waals surface area contributed by atoms with Crippen molar-refractivity contribution in [2.24, 2.45) is 5.92 Å². The zero-order valence-electron chi connectivity index (χ0n) is 15.4. The van der Waals surface area contributed by atoms with Gasteiger partial charge in [0.05, 0.1) is 7.11 Å². The number of hydrogen-bond donors (Lipinski definition) is 1. The smallest absolute Gasteiger partial charge is 0.258 e. The van der Waals surface area contributed by atoms with Crippen LogP contribution in [0.15, 0.2) is 48.5 Å². The van der Waals surface area contributed by atoms with Crippen LogP contribution in [-0.4, -0.2) is 19.6 Å². The van der Waals surface area contributed by atoms with E-state index in [9.17, 15) is 4.79 Å². The van der Waals surface area contributed by atoms with Gasteiger partial charge in [-0.3, -0.25) is 4.79 Å². The van der Waals surface area contributed by atoms with Crippen molar-refractivity contribution in [1.29, 1.82) is 0 Å². The van der Waals surface area contributed by atoms with Crippen molar-refractivity contribution in [2.75, 3.05) is 13.7 Å². The first-order chi connectivity index (χ1) is 12.8. The molecule has 1 amide bonds. The van der Waals surface area contributed by atoms with Crippen molar-refractivity contribution in [1.82, 2.24) is 5.32 Å². The average Bonchev–Trinajstić information content (AvgIpc) is 2.71. The third kappa shape index (κ3) is 4.78. The molecule has 1 aliphatic rings. The highest BCUT2D eigenvalue weighted by atomic mass is 16.5. The number of carbonyl (C=O) groups is 1. The van der Waals surface area contributed by atoms with E-state index in [1.54, 1.807) is 13.2 Å². The normalized spacial score (nSPS) is 14.7. The molecule has 3 rings (SSSR count). The maximum absolute atomic E-state index is 12.8. The second-order valence-corrected chi connectivity index (χ2v) is 6.82. The van der Waals surface area contributed by atoms with Gasteiger partial charge in [-0.1, -0.05) is 55.7 Å². The molecule has 1 saturated carbocycles. The van der Waals surface area contributed by atoms with E-state index in [2.05, 4.69) is 5.32 Å². The lowest BCUT2D eigenvalue weighted by molar-refractivity contribution is 0.0935. The van der Waals surface area contributed by atoms with Crippen LogP contribution >= 0.6 is 0 Å². The first-order valence-electron chi connectivity index (χ1n) is 9.40. The molecule has 0 aliphatic heterocycles. The summed E-state index contributed by atoms with van der Waals surface area (Å²) in [5.74, 6) is 1.54. The third-order valence-electron chi connectivity index (χ3n) is 4.95. The van der Waals surface area contributed by atoms with Gasteiger partial charge in [-0.15, -0.1) is 0 Å². The van der Waals surface area contributed by atoms with Crippen LogP contribution in [0, 0.1) is 5.92 Å². The first-order valence-corrected chi connectivity index (χ1v) is 9.40. The fourth-order valence-electron chi connectivity index (χ4n) is 3.48. The van der Waals surface area contributed by atoms with Crippen LogP contribution in [0.25, 0.3) is 0 Å². The number of rotatable bonds is 7. The van der Waals surface area contributed by atoms with Crippen molar-refractivity contribution in [3.05, 3.63) is 59.7 Å². The van der Waals surface area contributed by atoms with E-state index in [-0.39, 0.29) is 5.91 Å². The molecule has 2 aromatic carbocycles. The van der Waals surface area contributed by atoms with Crippen molar-refractivity contribution in [3.8, 4) is 11.5 Å². The third-order valence-corrected chi connectivity index (χ3v) is 4.95. The maximum atomic E-state index is 12.8. The Kier molecular flexibility index (Phi) is 6.53. The minimum atomic E-state index is -0.129. The second kappa shape index (κ2) is 9.27. The van der Waals surface area contributed by atoms with E-state index in [4.69, 9.17) is 9.47 Å². The molecule has 0 spiro atoms. The van der Waals surface area contributed by atoms with Crippen LogP contribution in [0.4, 0.5) is 0 Å². The molecule has 0 atom stereocenters. The van der Waals surface area contributed by atoms with Crippen LogP contribution < -0.4 is 14.8 Å². The van der Waals surface area contributed by atoms with Crippen molar-refractivity contribution in [2.45, 2.75) is 38.7 Å². The Balaban J connectivity index is 1.70. The number of carbonyl (C=O) groups excluding carboxylic acids is 1. The number of amides is 1. The standard InChI is InChI=1S/C22H27NO3/c1-25-19-13-8-14-20(26-16-18-11-6-3-7-12-18)21(19)22(24)23-15-17-9-4-2-5-10-17/h3,6-8,11-14,17H,2,4-5,9-10,15-16H2,1H3,(H,23,24). The summed E-state index contributed by atoms with van der Waals surface area (Å²) in [6, 6.07) is 15.4. The number of hydrogen-bond acceptors (Lipinski definition) is 3. The van der Waals surface area contributed by atoms with Gasteiger partial charge in [0.1, 0.15) is 23.7 Å². The summed E-state index contributed by atoms with van der Waals surface area (Å²) in [5.41, 5.74) is 1.53. The molecule has 4 heteroatoms. The van der Waals surface area contributed by atoms with E-state index in [1.165, 1.54) is 32.1 Å². The van der Waals surface area contributed by atoms with E-state index in [0.717, 1.165) is 12.1 Å². The van der Waals surface area contributed by atoms with Crippen LogP contribution in [0.2, 0.25) is 0 Å². The quantitative estimate of drug-likeness (QED) is 0.792. The van der Waals surface area contributed by atoms with Crippen LogP contribution in [0.3, 0.4) is 0 Å². The zero-order chi connectivity index (χ0) is 18.2. The summed E-state index contributed by atoms with van der Waals surface area (Å²) in [6.07, 6.45) is 6.24. The van der Waals surface area contributed by atoms with Gasteiger partial charge in [0.15, 0.2) is 0 Å². The summed E-state index contributed by atoms with van der Waals surface area (Å²) in [5, 5.41) is 3.08. The molecule has 0 heterocycles. The summed E-state index contributed by atoms with van der Waals surface area (Å²) >= 11 is 0. The molecule has 26 heavy (non-hydrogen) atoms. The Bertz CT molecular complexity index is 709. The molecule has 4 nitrogen and oxygen atoms in total.